The van der Waals surface area contributed by atoms with Gasteiger partial charge in [0.1, 0.15) is 5.75 Å². The number of carbonyl (C=O) groups is 2. The highest BCUT2D eigenvalue weighted by Crippen LogP contribution is 2.38. The Morgan fingerprint density at radius 3 is 2.23 bits per heavy atom. The summed E-state index contributed by atoms with van der Waals surface area (Å²) in [5.41, 5.74) is -1.97. The third kappa shape index (κ3) is 6.16. The molecule has 188 valence electrons. The number of likely N-dealkylation sites (tertiary alicyclic amines) is 2. The molecule has 4 rings (SSSR count). The molecule has 2 aliphatic rings. The van der Waals surface area contributed by atoms with E-state index in [9.17, 15) is 22.8 Å². The molecule has 35 heavy (non-hydrogen) atoms. The summed E-state index contributed by atoms with van der Waals surface area (Å²) >= 11 is 0. The number of para-hydroxylation sites is 1. The van der Waals surface area contributed by atoms with Crippen LogP contribution in [0.1, 0.15) is 54.4 Å². The van der Waals surface area contributed by atoms with E-state index in [2.05, 4.69) is 0 Å². The number of ether oxygens (including phenoxy) is 1. The molecule has 0 unspecified atom stereocenters. The Balaban J connectivity index is 1.57. The van der Waals surface area contributed by atoms with Gasteiger partial charge in [-0.05, 0) is 56.4 Å². The van der Waals surface area contributed by atoms with Crippen LogP contribution in [0.3, 0.4) is 0 Å². The molecule has 0 N–H and O–H groups in total. The largest absolute Gasteiger partial charge is 0.493 e. The molecule has 0 radical (unpaired) electrons. The van der Waals surface area contributed by atoms with Crippen molar-refractivity contribution in [3.8, 4) is 5.75 Å². The second-order valence-electron chi connectivity index (χ2n) is 9.59. The van der Waals surface area contributed by atoms with E-state index >= 15 is 0 Å². The molecule has 1 atom stereocenters. The van der Waals surface area contributed by atoms with Crippen LogP contribution in [0.2, 0.25) is 0 Å². The van der Waals surface area contributed by atoms with Crippen molar-refractivity contribution < 1.29 is 27.5 Å². The van der Waals surface area contributed by atoms with Crippen molar-refractivity contribution >= 4 is 11.8 Å². The first-order valence-corrected chi connectivity index (χ1v) is 12.2. The van der Waals surface area contributed by atoms with Gasteiger partial charge >= 0.3 is 6.18 Å². The molecule has 0 saturated carbocycles. The Labute approximate surface area is 203 Å². The van der Waals surface area contributed by atoms with Gasteiger partial charge in [-0.3, -0.25) is 9.59 Å². The van der Waals surface area contributed by atoms with Gasteiger partial charge < -0.3 is 14.5 Å². The molecule has 2 aromatic carbocycles. The van der Waals surface area contributed by atoms with Gasteiger partial charge in [0.25, 0.3) is 5.91 Å². The zero-order valence-electron chi connectivity index (χ0n) is 19.7. The van der Waals surface area contributed by atoms with Crippen LogP contribution in [0.15, 0.2) is 54.6 Å². The van der Waals surface area contributed by atoms with E-state index in [1.54, 1.807) is 0 Å². The molecule has 0 aromatic heterocycles. The van der Waals surface area contributed by atoms with Crippen LogP contribution in [0.5, 0.6) is 5.75 Å². The SMILES string of the molecule is O=C(C[C@]1(COc2ccccc2)CCCN(C(=O)c2ccccc2C(F)(F)F)C1)N1CCCCC1. The van der Waals surface area contributed by atoms with Gasteiger partial charge in [0.05, 0.1) is 17.7 Å². The molecule has 0 bridgehead atoms. The highest BCUT2D eigenvalue weighted by atomic mass is 19.4. The van der Waals surface area contributed by atoms with Crippen molar-refractivity contribution in [3.63, 3.8) is 0 Å². The standard InChI is InChI=1S/C27H31F3N2O3/c28-27(29,30)23-13-6-5-12-22(23)25(34)32-17-9-14-26(19-32,20-35-21-10-3-1-4-11-21)18-24(33)31-15-7-2-8-16-31/h1,3-6,10-13H,2,7-9,14-20H2/t26-/m1/s1. The summed E-state index contributed by atoms with van der Waals surface area (Å²) in [6.07, 6.45) is -0.136. The van der Waals surface area contributed by atoms with E-state index in [1.165, 1.54) is 23.1 Å². The molecule has 2 amide bonds. The number of carbonyl (C=O) groups excluding carboxylic acids is 2. The minimum Gasteiger partial charge on any atom is -0.493 e. The Hall–Kier alpha value is -3.03. The molecule has 0 aliphatic carbocycles. The van der Waals surface area contributed by atoms with Gasteiger partial charge in [-0.15, -0.1) is 0 Å². The van der Waals surface area contributed by atoms with Crippen molar-refractivity contribution in [2.24, 2.45) is 5.41 Å². The number of benzene rings is 2. The summed E-state index contributed by atoms with van der Waals surface area (Å²) in [6.45, 7) is 2.16. The number of hydrogen-bond donors (Lipinski definition) is 0. The van der Waals surface area contributed by atoms with Crippen LogP contribution in [-0.2, 0) is 11.0 Å². The molecule has 2 heterocycles. The molecule has 2 fully saturated rings. The van der Waals surface area contributed by atoms with Crippen LogP contribution >= 0.6 is 0 Å². The summed E-state index contributed by atoms with van der Waals surface area (Å²) in [6, 6.07) is 14.1. The molecular formula is C27H31F3N2O3. The van der Waals surface area contributed by atoms with Crippen molar-refractivity contribution in [2.45, 2.75) is 44.7 Å². The lowest BCUT2D eigenvalue weighted by atomic mass is 9.77. The maximum absolute atomic E-state index is 13.6. The van der Waals surface area contributed by atoms with Gasteiger partial charge in [-0.2, -0.15) is 13.2 Å². The van der Waals surface area contributed by atoms with E-state index in [-0.39, 0.29) is 31.0 Å². The Bertz CT molecular complexity index is 1020. The summed E-state index contributed by atoms with van der Waals surface area (Å²) in [4.78, 5) is 29.9. The molecule has 2 saturated heterocycles. The zero-order chi connectivity index (χ0) is 24.9. The van der Waals surface area contributed by atoms with Crippen molar-refractivity contribution in [1.29, 1.82) is 0 Å². The number of hydrogen-bond acceptors (Lipinski definition) is 3. The number of rotatable bonds is 6. The van der Waals surface area contributed by atoms with Crippen molar-refractivity contribution in [3.05, 3.63) is 65.7 Å². The molecule has 2 aliphatic heterocycles. The minimum atomic E-state index is -4.63. The van der Waals surface area contributed by atoms with E-state index in [4.69, 9.17) is 4.74 Å². The first-order valence-electron chi connectivity index (χ1n) is 12.2. The van der Waals surface area contributed by atoms with Crippen LogP contribution in [0.4, 0.5) is 13.2 Å². The van der Waals surface area contributed by atoms with Crippen LogP contribution < -0.4 is 4.74 Å². The Morgan fingerprint density at radius 1 is 0.857 bits per heavy atom. The summed E-state index contributed by atoms with van der Waals surface area (Å²) < 4.78 is 46.8. The maximum Gasteiger partial charge on any atom is 0.417 e. The predicted molar refractivity (Wildman–Crippen MR) is 126 cm³/mol. The number of alkyl halides is 3. The normalized spacial score (nSPS) is 21.0. The third-order valence-electron chi connectivity index (χ3n) is 6.93. The average molecular weight is 489 g/mol. The minimum absolute atomic E-state index is 0.0198. The fourth-order valence-corrected chi connectivity index (χ4v) is 5.11. The van der Waals surface area contributed by atoms with E-state index in [1.807, 2.05) is 35.2 Å². The fraction of sp³-hybridized carbons (Fsp3) is 0.481. The van der Waals surface area contributed by atoms with Gasteiger partial charge in [0.2, 0.25) is 5.91 Å². The average Bonchev–Trinajstić information content (AvgIpc) is 2.88. The quantitative estimate of drug-likeness (QED) is 0.547. The monoisotopic (exact) mass is 488 g/mol. The predicted octanol–water partition coefficient (Wildman–Crippen LogP) is 5.41. The molecule has 2 aromatic rings. The Kier molecular flexibility index (Phi) is 7.67. The van der Waals surface area contributed by atoms with Gasteiger partial charge in [-0.25, -0.2) is 0 Å². The zero-order valence-corrected chi connectivity index (χ0v) is 19.7. The van der Waals surface area contributed by atoms with E-state index in [0.29, 0.717) is 25.1 Å². The lowest BCUT2D eigenvalue weighted by Gasteiger charge is -2.43. The number of nitrogens with zero attached hydrogens (tertiary/aromatic N) is 2. The first-order chi connectivity index (χ1) is 16.8. The third-order valence-corrected chi connectivity index (χ3v) is 6.93. The smallest absolute Gasteiger partial charge is 0.417 e. The second kappa shape index (κ2) is 10.7. The maximum atomic E-state index is 13.6. The second-order valence-corrected chi connectivity index (χ2v) is 9.59. The van der Waals surface area contributed by atoms with Crippen LogP contribution in [-0.4, -0.2) is 54.4 Å². The van der Waals surface area contributed by atoms with Crippen LogP contribution in [0, 0.1) is 5.41 Å². The number of amides is 2. The van der Waals surface area contributed by atoms with Gasteiger partial charge in [0, 0.05) is 38.0 Å². The van der Waals surface area contributed by atoms with Crippen molar-refractivity contribution in [2.75, 3.05) is 32.8 Å². The number of piperidine rings is 2. The van der Waals surface area contributed by atoms with Crippen LogP contribution in [0.25, 0.3) is 0 Å². The van der Waals surface area contributed by atoms with E-state index < -0.39 is 23.1 Å². The van der Waals surface area contributed by atoms with Gasteiger partial charge in [-0.1, -0.05) is 30.3 Å². The van der Waals surface area contributed by atoms with E-state index in [0.717, 1.165) is 38.4 Å². The summed E-state index contributed by atoms with van der Waals surface area (Å²) in [5, 5.41) is 0. The molecule has 0 spiro atoms. The first kappa shape index (κ1) is 25.1. The molecule has 8 heteroatoms. The molecule has 5 nitrogen and oxygen atoms in total. The topological polar surface area (TPSA) is 49.9 Å². The Morgan fingerprint density at radius 2 is 1.51 bits per heavy atom. The highest BCUT2D eigenvalue weighted by molar-refractivity contribution is 5.96. The number of halogens is 3. The summed E-state index contributed by atoms with van der Waals surface area (Å²) in [7, 11) is 0. The summed E-state index contributed by atoms with van der Waals surface area (Å²) in [5.74, 6) is 0.0154. The highest BCUT2D eigenvalue weighted by Gasteiger charge is 2.43. The van der Waals surface area contributed by atoms with Gasteiger partial charge in [0.15, 0.2) is 0 Å². The fourth-order valence-electron chi connectivity index (χ4n) is 5.11. The lowest BCUT2D eigenvalue weighted by molar-refractivity contribution is -0.138. The van der Waals surface area contributed by atoms with Crippen molar-refractivity contribution in [1.82, 2.24) is 9.80 Å². The lowest BCUT2D eigenvalue weighted by Crippen LogP contribution is -2.51. The molecular weight excluding hydrogens is 457 g/mol.